The molecule has 0 bridgehead atoms. The van der Waals surface area contributed by atoms with E-state index < -0.39 is 0 Å². The van der Waals surface area contributed by atoms with E-state index in [0.717, 1.165) is 25.7 Å². The van der Waals surface area contributed by atoms with Crippen molar-refractivity contribution in [3.63, 3.8) is 0 Å². The first kappa shape index (κ1) is 25.8. The topological polar surface area (TPSA) is 20.2 Å². The lowest BCUT2D eigenvalue weighted by molar-refractivity contribution is 0.475. The van der Waals surface area contributed by atoms with Crippen LogP contribution in [0, 0.1) is 12.3 Å². The van der Waals surface area contributed by atoms with Gasteiger partial charge < -0.3 is 5.11 Å². The minimum absolute atomic E-state index is 0.320. The molecule has 0 unspecified atom stereocenters. The maximum atomic E-state index is 9.69. The van der Waals surface area contributed by atoms with Crippen molar-refractivity contribution in [1.82, 2.24) is 0 Å². The minimum atomic E-state index is 0.320. The maximum absolute atomic E-state index is 9.69. The Labute approximate surface area is 228 Å². The Morgan fingerprint density at radius 3 is 1.97 bits per heavy atom. The number of hydrogen-bond donors (Lipinski definition) is 1. The molecule has 0 aromatic heterocycles. The summed E-state index contributed by atoms with van der Waals surface area (Å²) in [5.74, 6) is 0.320. The first-order valence-corrected chi connectivity index (χ1v) is 13.8. The van der Waals surface area contributed by atoms with Crippen LogP contribution in [-0.4, -0.2) is 5.11 Å². The van der Waals surface area contributed by atoms with Crippen LogP contribution in [-0.2, 0) is 12.8 Å². The number of aromatic hydroxyl groups is 1. The van der Waals surface area contributed by atoms with Crippen molar-refractivity contribution in [3.8, 4) is 16.9 Å². The van der Waals surface area contributed by atoms with Crippen molar-refractivity contribution in [1.29, 1.82) is 0 Å². The lowest BCUT2D eigenvalue weighted by Gasteiger charge is -2.10. The SMILES string of the molecule is C=CC1(C)CC1.Cc1ccc(-c2ccc(CCCC3=C(c4ccc(O)cc4)Cc4ccccc43)cc2)cc1. The molecule has 1 nitrogen and oxygen atoms in total. The van der Waals surface area contributed by atoms with E-state index in [1.165, 1.54) is 62.9 Å². The normalized spacial score (nSPS) is 14.9. The van der Waals surface area contributed by atoms with Gasteiger partial charge in [0.1, 0.15) is 5.75 Å². The Bertz CT molecular complexity index is 1420. The number of allylic oxidation sites excluding steroid dienone is 3. The van der Waals surface area contributed by atoms with Crippen LogP contribution in [0.25, 0.3) is 22.3 Å². The summed E-state index contributed by atoms with van der Waals surface area (Å²) in [6.07, 6.45) is 8.99. The Morgan fingerprint density at radius 1 is 0.763 bits per heavy atom. The minimum Gasteiger partial charge on any atom is -0.508 e. The van der Waals surface area contributed by atoms with Gasteiger partial charge in [-0.3, -0.25) is 0 Å². The average molecular weight is 499 g/mol. The molecule has 2 aliphatic rings. The first-order valence-electron chi connectivity index (χ1n) is 13.8. The van der Waals surface area contributed by atoms with Gasteiger partial charge in [0.15, 0.2) is 0 Å². The number of phenolic OH excluding ortho intramolecular Hbond substituents is 1. The molecule has 0 amide bonds. The van der Waals surface area contributed by atoms with Crippen LogP contribution >= 0.6 is 0 Å². The van der Waals surface area contributed by atoms with E-state index >= 15 is 0 Å². The highest BCUT2D eigenvalue weighted by Crippen LogP contribution is 2.45. The van der Waals surface area contributed by atoms with Crippen LogP contribution in [0.3, 0.4) is 0 Å². The number of phenols is 1. The predicted molar refractivity (Wildman–Crippen MR) is 162 cm³/mol. The third kappa shape index (κ3) is 6.17. The summed E-state index contributed by atoms with van der Waals surface area (Å²) in [6, 6.07) is 34.2. The number of rotatable bonds is 7. The standard InChI is InChI=1S/C31H28O.C6H10/c1-22-9-13-24(14-10-22)25-15-11-23(12-16-25)5-4-8-30-29-7-3-2-6-27(29)21-31(30)26-17-19-28(32)20-18-26;1-3-6(2)4-5-6/h2-3,6-7,9-20,32H,4-5,8,21H2,1H3;3H,1,4-5H2,2H3. The fourth-order valence-corrected chi connectivity index (χ4v) is 5.13. The van der Waals surface area contributed by atoms with Gasteiger partial charge in [0.25, 0.3) is 0 Å². The molecule has 0 heterocycles. The molecule has 0 saturated heterocycles. The molecule has 1 heteroatoms. The number of benzene rings is 4. The summed E-state index contributed by atoms with van der Waals surface area (Å²) in [7, 11) is 0. The van der Waals surface area contributed by atoms with Crippen molar-refractivity contribution in [2.75, 3.05) is 0 Å². The summed E-state index contributed by atoms with van der Waals surface area (Å²) in [6.45, 7) is 8.05. The molecule has 1 saturated carbocycles. The highest BCUT2D eigenvalue weighted by Gasteiger charge is 2.33. The quantitative estimate of drug-likeness (QED) is 0.251. The summed E-state index contributed by atoms with van der Waals surface area (Å²) < 4.78 is 0. The number of hydrogen-bond acceptors (Lipinski definition) is 1. The van der Waals surface area contributed by atoms with Gasteiger partial charge in [0.05, 0.1) is 0 Å². The van der Waals surface area contributed by atoms with Crippen molar-refractivity contribution in [2.24, 2.45) is 5.41 Å². The molecule has 0 atom stereocenters. The molecule has 1 N–H and O–H groups in total. The van der Waals surface area contributed by atoms with Crippen LogP contribution < -0.4 is 0 Å². The molecule has 2 aliphatic carbocycles. The van der Waals surface area contributed by atoms with Crippen molar-refractivity contribution >= 4 is 11.1 Å². The molecular weight excluding hydrogens is 460 g/mol. The Kier molecular flexibility index (Phi) is 7.65. The van der Waals surface area contributed by atoms with Crippen LogP contribution in [0.5, 0.6) is 5.75 Å². The monoisotopic (exact) mass is 498 g/mol. The Balaban J connectivity index is 0.000000433. The maximum Gasteiger partial charge on any atom is 0.115 e. The van der Waals surface area contributed by atoms with Gasteiger partial charge in [-0.05, 0) is 108 Å². The van der Waals surface area contributed by atoms with Gasteiger partial charge in [0, 0.05) is 0 Å². The molecule has 1 fully saturated rings. The second-order valence-electron chi connectivity index (χ2n) is 11.1. The zero-order valence-electron chi connectivity index (χ0n) is 22.7. The van der Waals surface area contributed by atoms with Crippen molar-refractivity contribution in [2.45, 2.75) is 52.4 Å². The van der Waals surface area contributed by atoms with E-state index in [4.69, 9.17) is 0 Å². The second-order valence-corrected chi connectivity index (χ2v) is 11.1. The molecule has 4 aromatic rings. The zero-order valence-corrected chi connectivity index (χ0v) is 22.7. The highest BCUT2D eigenvalue weighted by molar-refractivity contribution is 5.97. The molecular formula is C37H38O. The second kappa shape index (κ2) is 11.3. The molecule has 0 radical (unpaired) electrons. The van der Waals surface area contributed by atoms with Gasteiger partial charge in [-0.1, -0.05) is 103 Å². The highest BCUT2D eigenvalue weighted by atomic mass is 16.3. The van der Waals surface area contributed by atoms with Crippen LogP contribution in [0.4, 0.5) is 0 Å². The smallest absolute Gasteiger partial charge is 0.115 e. The molecule has 6 rings (SSSR count). The van der Waals surface area contributed by atoms with E-state index in [1.54, 1.807) is 12.1 Å². The van der Waals surface area contributed by atoms with E-state index in [-0.39, 0.29) is 0 Å². The lowest BCUT2D eigenvalue weighted by Crippen LogP contribution is -1.91. The summed E-state index contributed by atoms with van der Waals surface area (Å²) in [5.41, 5.74) is 12.7. The number of fused-ring (bicyclic) bond motifs is 1. The summed E-state index contributed by atoms with van der Waals surface area (Å²) >= 11 is 0. The molecule has 4 aromatic carbocycles. The Hall–Kier alpha value is -3.84. The molecule has 0 spiro atoms. The zero-order chi connectivity index (χ0) is 26.5. The predicted octanol–water partition coefficient (Wildman–Crippen LogP) is 9.83. The van der Waals surface area contributed by atoms with Crippen molar-refractivity contribution < 1.29 is 5.11 Å². The summed E-state index contributed by atoms with van der Waals surface area (Å²) in [5, 5.41) is 9.69. The first-order chi connectivity index (χ1) is 18.4. The van der Waals surface area contributed by atoms with Gasteiger partial charge in [-0.2, -0.15) is 0 Å². The van der Waals surface area contributed by atoms with E-state index in [0.29, 0.717) is 11.2 Å². The van der Waals surface area contributed by atoms with Crippen LogP contribution in [0.15, 0.2) is 110 Å². The van der Waals surface area contributed by atoms with Gasteiger partial charge in [-0.15, -0.1) is 6.58 Å². The van der Waals surface area contributed by atoms with E-state index in [9.17, 15) is 5.11 Å². The van der Waals surface area contributed by atoms with Crippen LogP contribution in [0.2, 0.25) is 0 Å². The van der Waals surface area contributed by atoms with Gasteiger partial charge in [-0.25, -0.2) is 0 Å². The third-order valence-corrected chi connectivity index (χ3v) is 8.05. The Morgan fingerprint density at radius 2 is 1.37 bits per heavy atom. The molecule has 192 valence electrons. The summed E-state index contributed by atoms with van der Waals surface area (Å²) in [4.78, 5) is 0. The largest absolute Gasteiger partial charge is 0.508 e. The fraction of sp³-hybridized carbons (Fsp3) is 0.243. The molecule has 0 aliphatic heterocycles. The van der Waals surface area contributed by atoms with Crippen molar-refractivity contribution in [3.05, 3.63) is 138 Å². The van der Waals surface area contributed by atoms with E-state index in [2.05, 4.69) is 93.2 Å². The van der Waals surface area contributed by atoms with Gasteiger partial charge >= 0.3 is 0 Å². The fourth-order valence-electron chi connectivity index (χ4n) is 5.13. The average Bonchev–Trinajstić information content (AvgIpc) is 3.59. The van der Waals surface area contributed by atoms with Crippen LogP contribution in [0.1, 0.15) is 60.4 Å². The lowest BCUT2D eigenvalue weighted by atomic mass is 9.94. The molecule has 38 heavy (non-hydrogen) atoms. The number of aryl methyl sites for hydroxylation is 2. The third-order valence-electron chi connectivity index (χ3n) is 8.05. The van der Waals surface area contributed by atoms with Gasteiger partial charge in [0.2, 0.25) is 0 Å². The van der Waals surface area contributed by atoms with E-state index in [1.807, 2.05) is 18.2 Å².